The number of thiazole rings is 1. The average molecular weight is 269 g/mol. The number of anilines is 1. The summed E-state index contributed by atoms with van der Waals surface area (Å²) in [4.78, 5) is 7.12. The molecule has 3 nitrogen and oxygen atoms in total. The summed E-state index contributed by atoms with van der Waals surface area (Å²) in [7, 11) is 0. The largest absolute Gasteiger partial charge is 0.346 e. The van der Waals surface area contributed by atoms with E-state index in [1.165, 1.54) is 0 Å². The molecule has 0 saturated heterocycles. The zero-order valence-corrected chi connectivity index (χ0v) is 13.4. The van der Waals surface area contributed by atoms with Gasteiger partial charge in [0.1, 0.15) is 0 Å². The third kappa shape index (κ3) is 4.94. The van der Waals surface area contributed by atoms with Gasteiger partial charge in [-0.25, -0.2) is 4.98 Å². The van der Waals surface area contributed by atoms with E-state index in [1.807, 2.05) is 0 Å². The van der Waals surface area contributed by atoms with E-state index in [9.17, 15) is 0 Å². The molecule has 0 atom stereocenters. The predicted molar refractivity (Wildman–Crippen MR) is 81.5 cm³/mol. The molecular weight excluding hydrogens is 242 g/mol. The van der Waals surface area contributed by atoms with Crippen molar-refractivity contribution in [2.45, 2.75) is 66.1 Å². The first kappa shape index (κ1) is 15.4. The smallest absolute Gasteiger partial charge is 0.185 e. The fourth-order valence-electron chi connectivity index (χ4n) is 1.68. The molecule has 4 heteroatoms. The Morgan fingerprint density at radius 3 is 2.56 bits per heavy atom. The molecule has 0 unspecified atom stereocenters. The summed E-state index contributed by atoms with van der Waals surface area (Å²) in [5.41, 5.74) is 1.29. The molecule has 0 saturated carbocycles. The minimum atomic E-state index is 0.144. The van der Waals surface area contributed by atoms with Gasteiger partial charge in [-0.3, -0.25) is 0 Å². The van der Waals surface area contributed by atoms with Crippen molar-refractivity contribution in [1.82, 2.24) is 10.3 Å². The molecule has 1 aromatic heterocycles. The summed E-state index contributed by atoms with van der Waals surface area (Å²) in [6, 6.07) is 0.513. The van der Waals surface area contributed by atoms with Crippen molar-refractivity contribution < 1.29 is 0 Å². The molecule has 1 heterocycles. The third-order valence-electron chi connectivity index (χ3n) is 2.67. The van der Waals surface area contributed by atoms with Crippen LogP contribution in [0.3, 0.4) is 0 Å². The second kappa shape index (κ2) is 6.53. The van der Waals surface area contributed by atoms with Crippen LogP contribution in [0.5, 0.6) is 0 Å². The number of nitrogens with zero attached hydrogens (tertiary/aromatic N) is 2. The highest BCUT2D eigenvalue weighted by Gasteiger charge is 2.15. The molecule has 0 spiro atoms. The topological polar surface area (TPSA) is 28.2 Å². The number of hydrogen-bond donors (Lipinski definition) is 1. The second-order valence-electron chi connectivity index (χ2n) is 6.01. The lowest BCUT2D eigenvalue weighted by Gasteiger charge is -2.25. The molecule has 0 aliphatic carbocycles. The van der Waals surface area contributed by atoms with E-state index in [2.05, 4.69) is 57.1 Å². The van der Waals surface area contributed by atoms with Gasteiger partial charge < -0.3 is 10.2 Å². The molecule has 0 aromatic carbocycles. The molecule has 0 bridgehead atoms. The van der Waals surface area contributed by atoms with Crippen LogP contribution < -0.4 is 10.2 Å². The van der Waals surface area contributed by atoms with Crippen molar-refractivity contribution in [1.29, 1.82) is 0 Å². The van der Waals surface area contributed by atoms with Crippen molar-refractivity contribution in [2.75, 3.05) is 11.4 Å². The molecule has 0 amide bonds. The number of aromatic nitrogens is 1. The Hall–Kier alpha value is -0.610. The fraction of sp³-hybridized carbons (Fsp3) is 0.786. The summed E-state index contributed by atoms with van der Waals surface area (Å²) in [5.74, 6) is 0. The van der Waals surface area contributed by atoms with Gasteiger partial charge in [-0.15, -0.1) is 11.3 Å². The molecular formula is C14H27N3S. The maximum Gasteiger partial charge on any atom is 0.185 e. The first-order chi connectivity index (χ1) is 8.33. The molecule has 1 rings (SSSR count). The molecule has 18 heavy (non-hydrogen) atoms. The summed E-state index contributed by atoms with van der Waals surface area (Å²) in [6.07, 6.45) is 1.16. The Bertz CT molecular complexity index is 352. The summed E-state index contributed by atoms with van der Waals surface area (Å²) in [6.45, 7) is 15.1. The lowest BCUT2D eigenvalue weighted by atomic mass is 10.1. The Morgan fingerprint density at radius 1 is 1.39 bits per heavy atom. The summed E-state index contributed by atoms with van der Waals surface area (Å²) in [5, 5.41) is 6.79. The van der Waals surface area contributed by atoms with Gasteiger partial charge in [0.2, 0.25) is 0 Å². The van der Waals surface area contributed by atoms with E-state index in [0.717, 1.165) is 30.3 Å². The van der Waals surface area contributed by atoms with E-state index in [1.54, 1.807) is 11.3 Å². The number of hydrogen-bond acceptors (Lipinski definition) is 4. The molecule has 1 N–H and O–H groups in total. The minimum Gasteiger partial charge on any atom is -0.346 e. The lowest BCUT2D eigenvalue weighted by molar-refractivity contribution is 0.422. The highest BCUT2D eigenvalue weighted by molar-refractivity contribution is 7.13. The third-order valence-corrected chi connectivity index (χ3v) is 3.60. The van der Waals surface area contributed by atoms with E-state index in [-0.39, 0.29) is 5.54 Å². The quantitative estimate of drug-likeness (QED) is 0.854. The van der Waals surface area contributed by atoms with E-state index >= 15 is 0 Å². The van der Waals surface area contributed by atoms with E-state index in [0.29, 0.717) is 6.04 Å². The van der Waals surface area contributed by atoms with Crippen LogP contribution in [0.1, 0.15) is 53.7 Å². The van der Waals surface area contributed by atoms with Crippen LogP contribution in [-0.4, -0.2) is 23.1 Å². The molecule has 0 fully saturated rings. The van der Waals surface area contributed by atoms with Gasteiger partial charge >= 0.3 is 0 Å². The van der Waals surface area contributed by atoms with E-state index < -0.39 is 0 Å². The highest BCUT2D eigenvalue weighted by atomic mass is 32.1. The van der Waals surface area contributed by atoms with Crippen molar-refractivity contribution >= 4 is 16.5 Å². The Balaban J connectivity index is 2.66. The number of nitrogens with one attached hydrogen (secondary N) is 1. The standard InChI is InChI=1S/C14H27N3S/c1-7-8-17(11(2)3)13-16-12(10-18-13)9-15-14(4,5)6/h10-11,15H,7-9H2,1-6H3. The monoisotopic (exact) mass is 269 g/mol. The Labute approximate surface area is 116 Å². The molecule has 0 aliphatic heterocycles. The SMILES string of the molecule is CCCN(c1nc(CNC(C)(C)C)cs1)C(C)C. The number of rotatable bonds is 6. The summed E-state index contributed by atoms with van der Waals surface area (Å²) >= 11 is 1.75. The lowest BCUT2D eigenvalue weighted by Crippen LogP contribution is -2.35. The molecule has 104 valence electrons. The maximum atomic E-state index is 4.74. The van der Waals surface area contributed by atoms with Crippen LogP contribution in [0.25, 0.3) is 0 Å². The van der Waals surface area contributed by atoms with Crippen molar-refractivity contribution in [2.24, 2.45) is 0 Å². The van der Waals surface area contributed by atoms with Gasteiger partial charge in [0, 0.05) is 30.1 Å². The minimum absolute atomic E-state index is 0.144. The maximum absolute atomic E-state index is 4.74. The van der Waals surface area contributed by atoms with Crippen molar-refractivity contribution in [3.8, 4) is 0 Å². The Morgan fingerprint density at radius 2 is 2.06 bits per heavy atom. The van der Waals surface area contributed by atoms with E-state index in [4.69, 9.17) is 4.98 Å². The predicted octanol–water partition coefficient (Wildman–Crippen LogP) is 3.66. The zero-order chi connectivity index (χ0) is 13.8. The van der Waals surface area contributed by atoms with Crippen LogP contribution in [0, 0.1) is 0 Å². The average Bonchev–Trinajstić information content (AvgIpc) is 2.70. The first-order valence-corrected chi connectivity index (χ1v) is 7.67. The fourth-order valence-corrected chi connectivity index (χ4v) is 2.67. The van der Waals surface area contributed by atoms with Gasteiger partial charge in [0.15, 0.2) is 5.13 Å². The molecule has 1 aromatic rings. The van der Waals surface area contributed by atoms with Crippen LogP contribution >= 0.6 is 11.3 Å². The van der Waals surface area contributed by atoms with Gasteiger partial charge in [0.05, 0.1) is 5.69 Å². The van der Waals surface area contributed by atoms with Crippen LogP contribution in [0.2, 0.25) is 0 Å². The van der Waals surface area contributed by atoms with Crippen molar-refractivity contribution in [3.63, 3.8) is 0 Å². The molecule has 0 aliphatic rings. The normalized spacial score (nSPS) is 12.2. The van der Waals surface area contributed by atoms with Crippen molar-refractivity contribution in [3.05, 3.63) is 11.1 Å². The van der Waals surface area contributed by atoms with Gasteiger partial charge in [-0.2, -0.15) is 0 Å². The highest BCUT2D eigenvalue weighted by Crippen LogP contribution is 2.23. The zero-order valence-electron chi connectivity index (χ0n) is 12.6. The van der Waals surface area contributed by atoms with Gasteiger partial charge in [-0.05, 0) is 41.0 Å². The summed E-state index contributed by atoms with van der Waals surface area (Å²) < 4.78 is 0. The Kier molecular flexibility index (Phi) is 5.60. The van der Waals surface area contributed by atoms with Crippen LogP contribution in [0.4, 0.5) is 5.13 Å². The van der Waals surface area contributed by atoms with Crippen LogP contribution in [0.15, 0.2) is 5.38 Å². The molecule has 0 radical (unpaired) electrons. The first-order valence-electron chi connectivity index (χ1n) is 6.79. The van der Waals surface area contributed by atoms with Crippen LogP contribution in [-0.2, 0) is 6.54 Å². The second-order valence-corrected chi connectivity index (χ2v) is 6.85. The van der Waals surface area contributed by atoms with Gasteiger partial charge in [0.25, 0.3) is 0 Å². The van der Waals surface area contributed by atoms with Gasteiger partial charge in [-0.1, -0.05) is 6.92 Å².